The summed E-state index contributed by atoms with van der Waals surface area (Å²) in [6.07, 6.45) is 1.59. The number of benzene rings is 1. The fourth-order valence-electron chi connectivity index (χ4n) is 1.44. The average Bonchev–Trinajstić information content (AvgIpc) is 2.61. The molecule has 0 aliphatic carbocycles. The average molecular weight is 297 g/mol. The van der Waals surface area contributed by atoms with Crippen LogP contribution in [0.4, 0.5) is 11.5 Å². The maximum absolute atomic E-state index is 10.6. The molecule has 0 bridgehead atoms. The number of nitro groups is 1. The lowest BCUT2D eigenvalue weighted by Gasteiger charge is -2.04. The Morgan fingerprint density at radius 3 is 2.88 bits per heavy atom. The number of aromatic nitrogens is 2. The molecule has 2 aromatic rings. The first-order chi connectivity index (χ1) is 8.08. The predicted molar refractivity (Wildman–Crippen MR) is 66.5 cm³/mol. The number of halogens is 1. The van der Waals surface area contributed by atoms with Crippen LogP contribution in [0.2, 0.25) is 0 Å². The Kier molecular flexibility index (Phi) is 3.10. The molecule has 0 unspecified atom stereocenters. The third-order valence-corrected chi connectivity index (χ3v) is 2.90. The topological polar surface area (TPSA) is 87.0 Å². The standard InChI is InChI=1S/C10H9BrN4O2/c11-9-5-13-14(10(9)12)6-7-2-1-3-8(4-7)15(16)17/h1-5H,6,12H2. The molecule has 0 radical (unpaired) electrons. The van der Waals surface area contributed by atoms with Crippen LogP contribution in [0.25, 0.3) is 0 Å². The molecule has 0 saturated heterocycles. The molecule has 0 atom stereocenters. The Bertz CT molecular complexity index is 567. The van der Waals surface area contributed by atoms with Gasteiger partial charge in [-0.2, -0.15) is 5.10 Å². The zero-order valence-electron chi connectivity index (χ0n) is 8.71. The van der Waals surface area contributed by atoms with Crippen LogP contribution < -0.4 is 5.73 Å². The fourth-order valence-corrected chi connectivity index (χ4v) is 1.74. The molecule has 2 N–H and O–H groups in total. The number of rotatable bonds is 3. The van der Waals surface area contributed by atoms with Crippen LogP contribution in [0.3, 0.4) is 0 Å². The van der Waals surface area contributed by atoms with Crippen molar-refractivity contribution in [3.05, 3.63) is 50.6 Å². The van der Waals surface area contributed by atoms with Gasteiger partial charge in [0.05, 0.1) is 22.1 Å². The van der Waals surface area contributed by atoms with Crippen molar-refractivity contribution in [3.63, 3.8) is 0 Å². The summed E-state index contributed by atoms with van der Waals surface area (Å²) in [4.78, 5) is 10.2. The van der Waals surface area contributed by atoms with Gasteiger partial charge in [0.15, 0.2) is 0 Å². The number of nitrogen functional groups attached to an aromatic ring is 1. The highest BCUT2D eigenvalue weighted by Crippen LogP contribution is 2.20. The van der Waals surface area contributed by atoms with E-state index < -0.39 is 4.92 Å². The lowest BCUT2D eigenvalue weighted by atomic mass is 10.2. The molecule has 88 valence electrons. The van der Waals surface area contributed by atoms with Crippen LogP contribution in [-0.4, -0.2) is 14.7 Å². The molecule has 17 heavy (non-hydrogen) atoms. The number of hydrogen-bond donors (Lipinski definition) is 1. The summed E-state index contributed by atoms with van der Waals surface area (Å²) in [5, 5.41) is 14.7. The second-order valence-corrected chi connectivity index (χ2v) is 4.32. The van der Waals surface area contributed by atoms with Crippen molar-refractivity contribution >= 4 is 27.4 Å². The molecule has 7 heteroatoms. The van der Waals surface area contributed by atoms with E-state index in [0.717, 1.165) is 5.56 Å². The highest BCUT2D eigenvalue weighted by molar-refractivity contribution is 9.10. The lowest BCUT2D eigenvalue weighted by Crippen LogP contribution is -2.06. The van der Waals surface area contributed by atoms with Gasteiger partial charge in [0.2, 0.25) is 0 Å². The number of non-ortho nitro benzene ring substituents is 1. The Hall–Kier alpha value is -1.89. The second kappa shape index (κ2) is 4.54. The number of nitro benzene ring substituents is 1. The van der Waals surface area contributed by atoms with Gasteiger partial charge in [0.1, 0.15) is 5.82 Å². The van der Waals surface area contributed by atoms with Crippen LogP contribution in [0.5, 0.6) is 0 Å². The summed E-state index contributed by atoms with van der Waals surface area (Å²) in [7, 11) is 0. The van der Waals surface area contributed by atoms with Crippen molar-refractivity contribution < 1.29 is 4.92 Å². The minimum Gasteiger partial charge on any atom is -0.383 e. The molecule has 2 rings (SSSR count). The molecular formula is C10H9BrN4O2. The summed E-state index contributed by atoms with van der Waals surface area (Å²) >= 11 is 3.25. The third-order valence-electron chi connectivity index (χ3n) is 2.29. The Labute approximate surface area is 105 Å². The predicted octanol–water partition coefficient (Wildman–Crippen LogP) is 2.18. The quantitative estimate of drug-likeness (QED) is 0.695. The van der Waals surface area contributed by atoms with Crippen LogP contribution in [0.15, 0.2) is 34.9 Å². The van der Waals surface area contributed by atoms with Crippen molar-refractivity contribution in [2.24, 2.45) is 0 Å². The van der Waals surface area contributed by atoms with Crippen LogP contribution in [-0.2, 0) is 6.54 Å². The van der Waals surface area contributed by atoms with Crippen LogP contribution in [0, 0.1) is 10.1 Å². The molecule has 0 amide bonds. The fraction of sp³-hybridized carbons (Fsp3) is 0.100. The van der Waals surface area contributed by atoms with E-state index in [9.17, 15) is 10.1 Å². The molecule has 0 spiro atoms. The van der Waals surface area contributed by atoms with Crippen molar-refractivity contribution in [3.8, 4) is 0 Å². The molecule has 0 saturated carbocycles. The second-order valence-electron chi connectivity index (χ2n) is 3.46. The van der Waals surface area contributed by atoms with Gasteiger partial charge in [-0.1, -0.05) is 12.1 Å². The van der Waals surface area contributed by atoms with Crippen LogP contribution in [0.1, 0.15) is 5.56 Å². The van der Waals surface area contributed by atoms with Crippen molar-refractivity contribution in [2.75, 3.05) is 5.73 Å². The van der Waals surface area contributed by atoms with Crippen molar-refractivity contribution in [1.82, 2.24) is 9.78 Å². The van der Waals surface area contributed by atoms with Gasteiger partial charge in [-0.05, 0) is 21.5 Å². The molecule has 0 aliphatic rings. The van der Waals surface area contributed by atoms with Gasteiger partial charge >= 0.3 is 0 Å². The Balaban J connectivity index is 2.27. The zero-order valence-corrected chi connectivity index (χ0v) is 10.3. The van der Waals surface area contributed by atoms with Gasteiger partial charge in [0.25, 0.3) is 5.69 Å². The van der Waals surface area contributed by atoms with Crippen molar-refractivity contribution in [1.29, 1.82) is 0 Å². The molecular weight excluding hydrogens is 288 g/mol. The van der Waals surface area contributed by atoms with E-state index in [1.54, 1.807) is 23.0 Å². The molecule has 0 fully saturated rings. The molecule has 1 aromatic carbocycles. The van der Waals surface area contributed by atoms with E-state index in [2.05, 4.69) is 21.0 Å². The van der Waals surface area contributed by atoms with E-state index in [-0.39, 0.29) is 5.69 Å². The van der Waals surface area contributed by atoms with E-state index in [1.165, 1.54) is 12.1 Å². The first-order valence-corrected chi connectivity index (χ1v) is 5.57. The Morgan fingerprint density at radius 1 is 1.53 bits per heavy atom. The van der Waals surface area contributed by atoms with E-state index in [1.807, 2.05) is 0 Å². The van der Waals surface area contributed by atoms with Gasteiger partial charge in [-0.15, -0.1) is 0 Å². The van der Waals surface area contributed by atoms with Crippen molar-refractivity contribution in [2.45, 2.75) is 6.54 Å². The highest BCUT2D eigenvalue weighted by Gasteiger charge is 2.08. The molecule has 1 aromatic heterocycles. The van der Waals surface area contributed by atoms with Gasteiger partial charge < -0.3 is 5.73 Å². The SMILES string of the molecule is Nc1c(Br)cnn1Cc1cccc([N+](=O)[O-])c1. The molecule has 0 aliphatic heterocycles. The summed E-state index contributed by atoms with van der Waals surface area (Å²) in [6, 6.07) is 6.39. The summed E-state index contributed by atoms with van der Waals surface area (Å²) < 4.78 is 2.28. The molecule has 1 heterocycles. The van der Waals surface area contributed by atoms with E-state index >= 15 is 0 Å². The highest BCUT2D eigenvalue weighted by atomic mass is 79.9. The summed E-state index contributed by atoms with van der Waals surface area (Å²) in [5.41, 5.74) is 6.61. The lowest BCUT2D eigenvalue weighted by molar-refractivity contribution is -0.384. The minimum atomic E-state index is -0.425. The first-order valence-electron chi connectivity index (χ1n) is 4.78. The monoisotopic (exact) mass is 296 g/mol. The number of anilines is 1. The number of nitrogens with zero attached hydrogens (tertiary/aromatic N) is 3. The molecule has 6 nitrogen and oxygen atoms in total. The number of hydrogen-bond acceptors (Lipinski definition) is 4. The van der Waals surface area contributed by atoms with E-state index in [0.29, 0.717) is 16.8 Å². The summed E-state index contributed by atoms with van der Waals surface area (Å²) in [6.45, 7) is 0.402. The largest absolute Gasteiger partial charge is 0.383 e. The van der Waals surface area contributed by atoms with Gasteiger partial charge in [-0.3, -0.25) is 10.1 Å². The first kappa shape index (κ1) is 11.6. The normalized spacial score (nSPS) is 10.4. The van der Waals surface area contributed by atoms with Gasteiger partial charge in [-0.25, -0.2) is 4.68 Å². The third kappa shape index (κ3) is 2.44. The zero-order chi connectivity index (χ0) is 12.4. The van der Waals surface area contributed by atoms with E-state index in [4.69, 9.17) is 5.73 Å². The minimum absolute atomic E-state index is 0.0623. The Morgan fingerprint density at radius 2 is 2.29 bits per heavy atom. The maximum Gasteiger partial charge on any atom is 0.269 e. The summed E-state index contributed by atoms with van der Waals surface area (Å²) in [5.74, 6) is 0.497. The van der Waals surface area contributed by atoms with Crippen LogP contribution >= 0.6 is 15.9 Å². The van der Waals surface area contributed by atoms with Gasteiger partial charge in [0, 0.05) is 12.1 Å². The smallest absolute Gasteiger partial charge is 0.269 e. The maximum atomic E-state index is 10.6. The number of nitrogens with two attached hydrogens (primary N) is 1.